The first kappa shape index (κ1) is 37.3. The first-order valence-electron chi connectivity index (χ1n) is 12.9. The van der Waals surface area contributed by atoms with Crippen molar-refractivity contribution in [2.24, 2.45) is 0 Å². The molecule has 1 N–H and O–H groups in total. The van der Waals surface area contributed by atoms with Gasteiger partial charge in [0.25, 0.3) is 12.3 Å². The minimum atomic E-state index is -5.85. The molecule has 48 heavy (non-hydrogen) atoms. The van der Waals surface area contributed by atoms with E-state index >= 15 is 0 Å². The van der Waals surface area contributed by atoms with E-state index in [2.05, 4.69) is 14.8 Å². The molecule has 18 heteroatoms. The van der Waals surface area contributed by atoms with E-state index in [0.717, 1.165) is 60.7 Å². The summed E-state index contributed by atoms with van der Waals surface area (Å²) in [5.74, 6) is -3.09. The van der Waals surface area contributed by atoms with E-state index in [1.54, 1.807) is 0 Å². The summed E-state index contributed by atoms with van der Waals surface area (Å²) in [6.07, 6.45) is -26.8. The number of rotatable bonds is 12. The van der Waals surface area contributed by atoms with Crippen LogP contribution in [0.15, 0.2) is 84.9 Å². The minimum absolute atomic E-state index is 0.0248. The second-order valence-electron chi connectivity index (χ2n) is 9.38. The van der Waals surface area contributed by atoms with E-state index in [-0.39, 0.29) is 22.6 Å². The van der Waals surface area contributed by atoms with Gasteiger partial charge >= 0.3 is 30.5 Å². The summed E-state index contributed by atoms with van der Waals surface area (Å²) in [5.41, 5.74) is 0.687. The van der Waals surface area contributed by atoms with Crippen LogP contribution in [-0.4, -0.2) is 48.8 Å². The molecule has 0 bridgehead atoms. The molecule has 0 spiro atoms. The van der Waals surface area contributed by atoms with Gasteiger partial charge in [-0.2, -0.15) is 43.9 Å². The van der Waals surface area contributed by atoms with Gasteiger partial charge in [0.1, 0.15) is 17.2 Å². The van der Waals surface area contributed by atoms with Gasteiger partial charge in [0.15, 0.2) is 0 Å². The van der Waals surface area contributed by atoms with Crippen molar-refractivity contribution in [1.29, 1.82) is 0 Å². The smallest absolute Gasteiger partial charge is 0.430 e. The van der Waals surface area contributed by atoms with Gasteiger partial charge in [0.2, 0.25) is 5.91 Å². The third kappa shape index (κ3) is 11.0. The number of carbonyl (C=O) groups is 2. The highest BCUT2D eigenvalue weighted by atomic mass is 19.4. The molecule has 1 amide bonds. The van der Waals surface area contributed by atoms with Crippen molar-refractivity contribution in [1.82, 2.24) is 0 Å². The van der Waals surface area contributed by atoms with Crippen LogP contribution in [0.5, 0.6) is 17.2 Å². The molecule has 6 nitrogen and oxygen atoms in total. The normalized spacial score (nSPS) is 14.1. The maximum atomic E-state index is 13.4. The van der Waals surface area contributed by atoms with Crippen LogP contribution in [0, 0.1) is 0 Å². The molecular formula is C30H19F12NO5. The standard InChI is InChI=1S/C30H19F12NO5/c31-25(27(33,34)35)29(39,40)47-21-9-1-17(2-10-21)5-15-23(44)43-19-7-13-20(14-8-19)46-24(45)16-6-18-3-11-22(12-4-18)48-30(41,42)26(32)28(36,37)38/h1-16,25-26H,(H,43,44)/b15-5+,16-6+/t25-,26-/m1/s1. The van der Waals surface area contributed by atoms with Crippen LogP contribution in [0.2, 0.25) is 0 Å². The maximum absolute atomic E-state index is 13.4. The number of hydrogen-bond donors (Lipinski definition) is 1. The highest BCUT2D eigenvalue weighted by Gasteiger charge is 2.60. The van der Waals surface area contributed by atoms with Crippen LogP contribution in [0.4, 0.5) is 58.4 Å². The monoisotopic (exact) mass is 701 g/mol. The molecule has 2 atom stereocenters. The van der Waals surface area contributed by atoms with E-state index < -0.39 is 60.3 Å². The summed E-state index contributed by atoms with van der Waals surface area (Å²) in [4.78, 5) is 24.3. The Morgan fingerprint density at radius 1 is 0.562 bits per heavy atom. The molecule has 0 fully saturated rings. The molecule has 0 saturated carbocycles. The van der Waals surface area contributed by atoms with Crippen LogP contribution in [0.3, 0.4) is 0 Å². The van der Waals surface area contributed by atoms with Gasteiger partial charge in [-0.05, 0) is 71.8 Å². The Bertz CT molecular complexity index is 1480. The largest absolute Gasteiger partial charge is 0.439 e. The van der Waals surface area contributed by atoms with Crippen LogP contribution < -0.4 is 19.5 Å². The summed E-state index contributed by atoms with van der Waals surface area (Å²) in [6.45, 7) is 0. The fourth-order valence-corrected chi connectivity index (χ4v) is 3.37. The van der Waals surface area contributed by atoms with Gasteiger partial charge in [-0.3, -0.25) is 4.79 Å². The fourth-order valence-electron chi connectivity index (χ4n) is 3.37. The zero-order valence-corrected chi connectivity index (χ0v) is 23.5. The summed E-state index contributed by atoms with van der Waals surface area (Å²) < 4.78 is 165. The number of hydrogen-bond acceptors (Lipinski definition) is 5. The Kier molecular flexibility index (Phi) is 11.4. The molecule has 3 aromatic rings. The molecule has 0 unspecified atom stereocenters. The molecule has 0 saturated heterocycles. The number of ether oxygens (including phenoxy) is 3. The predicted octanol–water partition coefficient (Wildman–Crippen LogP) is 8.70. The van der Waals surface area contributed by atoms with Crippen molar-refractivity contribution < 1.29 is 76.5 Å². The lowest BCUT2D eigenvalue weighted by molar-refractivity contribution is -0.305. The minimum Gasteiger partial charge on any atom is -0.430 e. The number of nitrogens with one attached hydrogen (secondary N) is 1. The van der Waals surface area contributed by atoms with Crippen molar-refractivity contribution in [3.63, 3.8) is 0 Å². The Hall–Kier alpha value is -5.16. The lowest BCUT2D eigenvalue weighted by Gasteiger charge is -2.23. The van der Waals surface area contributed by atoms with Crippen molar-refractivity contribution in [2.75, 3.05) is 5.32 Å². The number of esters is 1. The highest BCUT2D eigenvalue weighted by Crippen LogP contribution is 2.38. The Balaban J connectivity index is 1.48. The summed E-state index contributed by atoms with van der Waals surface area (Å²) in [5, 5.41) is 2.45. The van der Waals surface area contributed by atoms with Crippen molar-refractivity contribution in [3.8, 4) is 17.2 Å². The third-order valence-corrected chi connectivity index (χ3v) is 5.61. The molecule has 3 rings (SSSR count). The van der Waals surface area contributed by atoms with Gasteiger partial charge in [0.05, 0.1) is 0 Å². The first-order valence-corrected chi connectivity index (χ1v) is 12.9. The van der Waals surface area contributed by atoms with Crippen molar-refractivity contribution >= 4 is 29.7 Å². The van der Waals surface area contributed by atoms with E-state index in [1.807, 2.05) is 0 Å². The molecule has 0 radical (unpaired) electrons. The van der Waals surface area contributed by atoms with Crippen molar-refractivity contribution in [3.05, 3.63) is 96.1 Å². The number of halogens is 12. The van der Waals surface area contributed by atoms with Crippen LogP contribution in [0.1, 0.15) is 11.1 Å². The highest BCUT2D eigenvalue weighted by molar-refractivity contribution is 6.02. The average Bonchev–Trinajstić information content (AvgIpc) is 2.99. The predicted molar refractivity (Wildman–Crippen MR) is 145 cm³/mol. The summed E-state index contributed by atoms with van der Waals surface area (Å²) in [6, 6.07) is 13.0. The van der Waals surface area contributed by atoms with E-state index in [1.165, 1.54) is 36.4 Å². The molecule has 0 heterocycles. The Morgan fingerprint density at radius 3 is 1.33 bits per heavy atom. The van der Waals surface area contributed by atoms with Gasteiger partial charge in [-0.15, -0.1) is 0 Å². The fraction of sp³-hybridized carbons (Fsp3) is 0.200. The molecule has 0 aromatic heterocycles. The lowest BCUT2D eigenvalue weighted by atomic mass is 10.2. The Labute approximate surface area is 262 Å². The summed E-state index contributed by atoms with van der Waals surface area (Å²) in [7, 11) is 0. The van der Waals surface area contributed by atoms with Gasteiger partial charge in [-0.25, -0.2) is 13.6 Å². The maximum Gasteiger partial charge on any atom is 0.439 e. The van der Waals surface area contributed by atoms with Crippen molar-refractivity contribution in [2.45, 2.75) is 36.9 Å². The second-order valence-corrected chi connectivity index (χ2v) is 9.38. The molecule has 258 valence electrons. The topological polar surface area (TPSA) is 73.9 Å². The zero-order chi connectivity index (χ0) is 35.9. The van der Waals surface area contributed by atoms with Crippen LogP contribution in [0.25, 0.3) is 12.2 Å². The zero-order valence-electron chi connectivity index (χ0n) is 23.5. The van der Waals surface area contributed by atoms with E-state index in [0.29, 0.717) is 0 Å². The molecule has 0 aliphatic heterocycles. The van der Waals surface area contributed by atoms with E-state index in [9.17, 15) is 62.3 Å². The average molecular weight is 701 g/mol. The van der Waals surface area contributed by atoms with Crippen LogP contribution in [-0.2, 0) is 9.59 Å². The quantitative estimate of drug-likeness (QED) is 0.0886. The SMILES string of the molecule is O=C(/C=C/c1ccc(OC(F)(F)[C@H](F)C(F)(F)F)cc1)Nc1ccc(OC(=O)/C=C/c2ccc(OC(F)(F)[C@H](F)C(F)(F)F)cc2)cc1. The first-order chi connectivity index (χ1) is 22.2. The van der Waals surface area contributed by atoms with Gasteiger partial charge in [0, 0.05) is 17.8 Å². The molecular weight excluding hydrogens is 682 g/mol. The van der Waals surface area contributed by atoms with Crippen LogP contribution >= 0.6 is 0 Å². The number of amides is 1. The summed E-state index contributed by atoms with van der Waals surface area (Å²) >= 11 is 0. The number of benzene rings is 3. The third-order valence-electron chi connectivity index (χ3n) is 5.61. The Morgan fingerprint density at radius 2 is 0.938 bits per heavy atom. The second kappa shape index (κ2) is 14.7. The molecule has 0 aliphatic carbocycles. The number of carbonyl (C=O) groups excluding carboxylic acids is 2. The van der Waals surface area contributed by atoms with Gasteiger partial charge < -0.3 is 19.5 Å². The van der Waals surface area contributed by atoms with E-state index in [4.69, 9.17) is 4.74 Å². The lowest BCUT2D eigenvalue weighted by Crippen LogP contribution is -2.45. The number of alkyl halides is 12. The number of anilines is 1. The molecule has 3 aromatic carbocycles. The molecule has 0 aliphatic rings. The van der Waals surface area contributed by atoms with Gasteiger partial charge in [-0.1, -0.05) is 24.3 Å².